The summed E-state index contributed by atoms with van der Waals surface area (Å²) < 4.78 is 1.99. The van der Waals surface area contributed by atoms with Crippen molar-refractivity contribution in [2.24, 2.45) is 0 Å². The van der Waals surface area contributed by atoms with E-state index in [1.165, 1.54) is 5.56 Å². The summed E-state index contributed by atoms with van der Waals surface area (Å²) in [6.07, 6.45) is 5.46. The average Bonchev–Trinajstić information content (AvgIpc) is 3.07. The molecule has 0 spiro atoms. The Kier molecular flexibility index (Phi) is 6.05. The highest BCUT2D eigenvalue weighted by Crippen LogP contribution is 2.35. The molecule has 0 bridgehead atoms. The summed E-state index contributed by atoms with van der Waals surface area (Å²) in [5.74, 6) is 0.502. The molecule has 0 aliphatic carbocycles. The van der Waals surface area contributed by atoms with Crippen LogP contribution in [0.1, 0.15) is 50.3 Å². The maximum Gasteiger partial charge on any atom is 0.0680 e. The number of aromatic nitrogens is 2. The first-order valence-electron chi connectivity index (χ1n) is 9.15. The monoisotopic (exact) mass is 386 g/mol. The van der Waals surface area contributed by atoms with Gasteiger partial charge in [0, 0.05) is 6.20 Å². The Hall–Kier alpha value is -1.77. The van der Waals surface area contributed by atoms with E-state index in [0.717, 1.165) is 41.8 Å². The summed E-state index contributed by atoms with van der Waals surface area (Å²) in [4.78, 5) is 0. The van der Waals surface area contributed by atoms with Gasteiger partial charge in [0.25, 0.3) is 0 Å². The van der Waals surface area contributed by atoms with Gasteiger partial charge in [0.15, 0.2) is 0 Å². The summed E-state index contributed by atoms with van der Waals surface area (Å²) in [7, 11) is 0. The van der Waals surface area contributed by atoms with Crippen LogP contribution in [0, 0.1) is 6.92 Å². The van der Waals surface area contributed by atoms with Gasteiger partial charge in [-0.1, -0.05) is 55.6 Å². The highest BCUT2D eigenvalue weighted by Gasteiger charge is 2.16. The third-order valence-corrected chi connectivity index (χ3v) is 5.56. The van der Waals surface area contributed by atoms with E-state index in [1.54, 1.807) is 0 Å². The zero-order chi connectivity index (χ0) is 18.7. The number of benzene rings is 2. The number of hydrogen-bond donors (Lipinski definition) is 0. The molecule has 0 radical (unpaired) electrons. The zero-order valence-corrected chi connectivity index (χ0v) is 17.0. The van der Waals surface area contributed by atoms with Crippen LogP contribution in [0.15, 0.2) is 48.7 Å². The maximum absolute atomic E-state index is 6.23. The second-order valence-corrected chi connectivity index (χ2v) is 7.51. The Morgan fingerprint density at radius 2 is 1.69 bits per heavy atom. The SMILES string of the molecule is CCCC(CC)c1cc(-c2ccc(Cl)c(Cl)c2)ccc1-n1ccc(C)n1. The average molecular weight is 387 g/mol. The smallest absolute Gasteiger partial charge is 0.0680 e. The summed E-state index contributed by atoms with van der Waals surface area (Å²) >= 11 is 12.3. The molecule has 2 nitrogen and oxygen atoms in total. The number of rotatable bonds is 6. The van der Waals surface area contributed by atoms with Gasteiger partial charge < -0.3 is 0 Å². The van der Waals surface area contributed by atoms with Crippen LogP contribution in [0.5, 0.6) is 0 Å². The number of hydrogen-bond acceptors (Lipinski definition) is 1. The zero-order valence-electron chi connectivity index (χ0n) is 15.5. The second-order valence-electron chi connectivity index (χ2n) is 6.70. The van der Waals surface area contributed by atoms with Crippen molar-refractivity contribution in [1.29, 1.82) is 0 Å². The lowest BCUT2D eigenvalue weighted by molar-refractivity contribution is 0.591. The Bertz CT molecular complexity index is 899. The maximum atomic E-state index is 6.23. The van der Waals surface area contributed by atoms with Gasteiger partial charge in [0.1, 0.15) is 0 Å². The number of aryl methyl sites for hydroxylation is 1. The summed E-state index contributed by atoms with van der Waals surface area (Å²) in [6, 6.07) is 14.4. The van der Waals surface area contributed by atoms with Crippen molar-refractivity contribution in [2.75, 3.05) is 0 Å². The number of nitrogens with zero attached hydrogens (tertiary/aromatic N) is 2. The predicted molar refractivity (Wildman–Crippen MR) is 112 cm³/mol. The topological polar surface area (TPSA) is 17.8 Å². The van der Waals surface area contributed by atoms with E-state index in [-0.39, 0.29) is 0 Å². The van der Waals surface area contributed by atoms with Crippen molar-refractivity contribution in [3.05, 3.63) is 70.0 Å². The molecule has 136 valence electrons. The highest BCUT2D eigenvalue weighted by molar-refractivity contribution is 6.42. The van der Waals surface area contributed by atoms with Crippen molar-refractivity contribution in [2.45, 2.75) is 46.0 Å². The van der Waals surface area contributed by atoms with Gasteiger partial charge in [0.05, 0.1) is 21.4 Å². The molecule has 3 aromatic rings. The third kappa shape index (κ3) is 3.97. The Morgan fingerprint density at radius 3 is 2.31 bits per heavy atom. The molecule has 1 atom stereocenters. The van der Waals surface area contributed by atoms with Crippen LogP contribution < -0.4 is 0 Å². The van der Waals surface area contributed by atoms with Crippen LogP contribution in [0.2, 0.25) is 10.0 Å². The van der Waals surface area contributed by atoms with Crippen molar-refractivity contribution in [3.8, 4) is 16.8 Å². The Labute approximate surface area is 165 Å². The van der Waals surface area contributed by atoms with E-state index in [9.17, 15) is 0 Å². The lowest BCUT2D eigenvalue weighted by Gasteiger charge is -2.20. The lowest BCUT2D eigenvalue weighted by Crippen LogP contribution is -2.06. The molecule has 1 unspecified atom stereocenters. The van der Waals surface area contributed by atoms with E-state index >= 15 is 0 Å². The summed E-state index contributed by atoms with van der Waals surface area (Å²) in [5, 5.41) is 5.79. The molecular formula is C22H24Cl2N2. The first kappa shape index (κ1) is 19.0. The lowest BCUT2D eigenvalue weighted by atomic mass is 9.88. The molecule has 2 aromatic carbocycles. The van der Waals surface area contributed by atoms with E-state index in [2.05, 4.69) is 37.1 Å². The molecule has 0 saturated heterocycles. The van der Waals surface area contributed by atoms with Gasteiger partial charge in [-0.2, -0.15) is 5.10 Å². The normalized spacial score (nSPS) is 12.3. The molecular weight excluding hydrogens is 363 g/mol. The molecule has 1 heterocycles. The molecule has 0 fully saturated rings. The highest BCUT2D eigenvalue weighted by atomic mass is 35.5. The van der Waals surface area contributed by atoms with Gasteiger partial charge >= 0.3 is 0 Å². The molecule has 0 aliphatic rings. The van der Waals surface area contributed by atoms with Crippen LogP contribution >= 0.6 is 23.2 Å². The minimum absolute atomic E-state index is 0.502. The fourth-order valence-electron chi connectivity index (χ4n) is 3.42. The molecule has 0 amide bonds. The Balaban J connectivity index is 2.13. The van der Waals surface area contributed by atoms with E-state index in [4.69, 9.17) is 23.2 Å². The minimum atomic E-state index is 0.502. The largest absolute Gasteiger partial charge is 0.240 e. The van der Waals surface area contributed by atoms with Gasteiger partial charge in [-0.15, -0.1) is 0 Å². The van der Waals surface area contributed by atoms with E-state index in [0.29, 0.717) is 16.0 Å². The first-order chi connectivity index (χ1) is 12.5. The fourth-order valence-corrected chi connectivity index (χ4v) is 3.72. The van der Waals surface area contributed by atoms with Gasteiger partial charge in [0.2, 0.25) is 0 Å². The molecule has 1 aromatic heterocycles. The predicted octanol–water partition coefficient (Wildman–Crippen LogP) is 7.45. The van der Waals surface area contributed by atoms with Crippen LogP contribution in [-0.4, -0.2) is 9.78 Å². The van der Waals surface area contributed by atoms with Gasteiger partial charge in [-0.3, -0.25) is 0 Å². The van der Waals surface area contributed by atoms with Crippen molar-refractivity contribution in [3.63, 3.8) is 0 Å². The first-order valence-corrected chi connectivity index (χ1v) is 9.91. The van der Waals surface area contributed by atoms with Crippen LogP contribution in [0.4, 0.5) is 0 Å². The van der Waals surface area contributed by atoms with Crippen molar-refractivity contribution in [1.82, 2.24) is 9.78 Å². The number of halogens is 2. The van der Waals surface area contributed by atoms with Crippen LogP contribution in [0.25, 0.3) is 16.8 Å². The molecule has 0 aliphatic heterocycles. The molecule has 26 heavy (non-hydrogen) atoms. The Morgan fingerprint density at radius 1 is 0.962 bits per heavy atom. The molecule has 0 saturated carbocycles. The third-order valence-electron chi connectivity index (χ3n) is 4.82. The van der Waals surface area contributed by atoms with Crippen LogP contribution in [-0.2, 0) is 0 Å². The molecule has 4 heteroatoms. The minimum Gasteiger partial charge on any atom is -0.240 e. The van der Waals surface area contributed by atoms with E-state index in [1.807, 2.05) is 42.1 Å². The van der Waals surface area contributed by atoms with Gasteiger partial charge in [-0.05, 0) is 72.7 Å². The van der Waals surface area contributed by atoms with Crippen molar-refractivity contribution < 1.29 is 0 Å². The standard InChI is InChI=1S/C22H24Cl2N2/c1-4-6-16(5-2)19-13-17(18-7-9-20(23)21(24)14-18)8-10-22(19)26-12-11-15(3)25-26/h7-14,16H,4-6H2,1-3H3. The molecule has 3 rings (SSSR count). The molecule has 0 N–H and O–H groups in total. The van der Waals surface area contributed by atoms with Crippen molar-refractivity contribution >= 4 is 23.2 Å². The van der Waals surface area contributed by atoms with Crippen LogP contribution in [0.3, 0.4) is 0 Å². The van der Waals surface area contributed by atoms with E-state index < -0.39 is 0 Å². The fraction of sp³-hybridized carbons (Fsp3) is 0.318. The summed E-state index contributed by atoms with van der Waals surface area (Å²) in [6.45, 7) is 6.51. The quantitative estimate of drug-likeness (QED) is 0.429. The second kappa shape index (κ2) is 8.28. The van der Waals surface area contributed by atoms with Gasteiger partial charge in [-0.25, -0.2) is 4.68 Å². The summed E-state index contributed by atoms with van der Waals surface area (Å²) in [5.41, 5.74) is 5.74.